The number of aliphatic hydroxyl groups is 1. The number of nitrogens with one attached hydrogen (secondary N) is 1. The Balaban J connectivity index is 2.06. The number of rotatable bonds is 6. The third-order valence-corrected chi connectivity index (χ3v) is 4.08. The maximum atomic E-state index is 9.64. The molecule has 20 heavy (non-hydrogen) atoms. The standard InChI is InChI=1S/C16H26N2O2/c1-12(2)20-14-7-5-6-13(15(14)17)18-10-16(11-19)8-3-4-9-16/h5-7,12,18-19H,3-4,8-11,17H2,1-2H3. The highest BCUT2D eigenvalue weighted by Gasteiger charge is 2.33. The van der Waals surface area contributed by atoms with Crippen LogP contribution in [0.4, 0.5) is 11.4 Å². The van der Waals surface area contributed by atoms with Gasteiger partial charge >= 0.3 is 0 Å². The lowest BCUT2D eigenvalue weighted by Gasteiger charge is -2.27. The number of ether oxygens (including phenoxy) is 1. The fourth-order valence-corrected chi connectivity index (χ4v) is 2.85. The van der Waals surface area contributed by atoms with E-state index in [9.17, 15) is 5.11 Å². The van der Waals surface area contributed by atoms with Gasteiger partial charge in [0.15, 0.2) is 0 Å². The van der Waals surface area contributed by atoms with Crippen LogP contribution in [-0.2, 0) is 0 Å². The minimum Gasteiger partial charge on any atom is -0.489 e. The maximum Gasteiger partial charge on any atom is 0.144 e. The summed E-state index contributed by atoms with van der Waals surface area (Å²) < 4.78 is 5.69. The van der Waals surface area contributed by atoms with Gasteiger partial charge in [0.2, 0.25) is 0 Å². The lowest BCUT2D eigenvalue weighted by molar-refractivity contribution is 0.142. The first-order chi connectivity index (χ1) is 9.56. The van der Waals surface area contributed by atoms with E-state index in [-0.39, 0.29) is 18.1 Å². The Labute approximate surface area is 121 Å². The molecule has 0 amide bonds. The van der Waals surface area contributed by atoms with E-state index in [0.29, 0.717) is 5.69 Å². The molecule has 2 rings (SSSR count). The van der Waals surface area contributed by atoms with E-state index < -0.39 is 0 Å². The molecule has 112 valence electrons. The lowest BCUT2D eigenvalue weighted by atomic mass is 9.87. The summed E-state index contributed by atoms with van der Waals surface area (Å²) in [4.78, 5) is 0. The second-order valence-electron chi connectivity index (χ2n) is 6.10. The van der Waals surface area contributed by atoms with E-state index in [1.807, 2.05) is 32.0 Å². The van der Waals surface area contributed by atoms with Crippen molar-refractivity contribution < 1.29 is 9.84 Å². The van der Waals surface area contributed by atoms with Crippen molar-refractivity contribution in [2.24, 2.45) is 5.41 Å². The van der Waals surface area contributed by atoms with Gasteiger partial charge in [0, 0.05) is 12.0 Å². The van der Waals surface area contributed by atoms with Gasteiger partial charge in [-0.15, -0.1) is 0 Å². The average Bonchev–Trinajstić information content (AvgIpc) is 2.89. The first-order valence-corrected chi connectivity index (χ1v) is 7.46. The fraction of sp³-hybridized carbons (Fsp3) is 0.625. The smallest absolute Gasteiger partial charge is 0.144 e. The van der Waals surface area contributed by atoms with Crippen molar-refractivity contribution in [3.05, 3.63) is 18.2 Å². The molecule has 0 radical (unpaired) electrons. The van der Waals surface area contributed by atoms with Gasteiger partial charge < -0.3 is 20.9 Å². The van der Waals surface area contributed by atoms with Gasteiger partial charge in [0.05, 0.1) is 24.1 Å². The molecular formula is C16H26N2O2. The summed E-state index contributed by atoms with van der Waals surface area (Å²) in [6, 6.07) is 5.79. The predicted octanol–water partition coefficient (Wildman–Crippen LogP) is 3.02. The van der Waals surface area contributed by atoms with Crippen LogP contribution in [0.1, 0.15) is 39.5 Å². The minimum atomic E-state index is 0.0152. The van der Waals surface area contributed by atoms with E-state index in [1.165, 1.54) is 12.8 Å². The molecule has 1 aliphatic rings. The third kappa shape index (κ3) is 3.37. The summed E-state index contributed by atoms with van der Waals surface area (Å²) >= 11 is 0. The lowest BCUT2D eigenvalue weighted by Crippen LogP contribution is -2.30. The van der Waals surface area contributed by atoms with Crippen LogP contribution in [-0.4, -0.2) is 24.4 Å². The summed E-state index contributed by atoms with van der Waals surface area (Å²) in [6.45, 7) is 4.97. The molecule has 1 aromatic rings. The van der Waals surface area contributed by atoms with E-state index in [0.717, 1.165) is 30.8 Å². The highest BCUT2D eigenvalue weighted by molar-refractivity contribution is 5.73. The van der Waals surface area contributed by atoms with Gasteiger partial charge in [-0.3, -0.25) is 0 Å². The number of aliphatic hydroxyl groups excluding tert-OH is 1. The van der Waals surface area contributed by atoms with Gasteiger partial charge in [-0.2, -0.15) is 0 Å². The zero-order valence-corrected chi connectivity index (χ0v) is 12.5. The summed E-state index contributed by atoms with van der Waals surface area (Å²) in [5.41, 5.74) is 7.70. The van der Waals surface area contributed by atoms with Crippen molar-refractivity contribution >= 4 is 11.4 Å². The molecule has 0 aromatic heterocycles. The number of para-hydroxylation sites is 1. The Kier molecular flexibility index (Phi) is 4.76. The van der Waals surface area contributed by atoms with Crippen molar-refractivity contribution in [2.75, 3.05) is 24.2 Å². The van der Waals surface area contributed by atoms with E-state index >= 15 is 0 Å². The van der Waals surface area contributed by atoms with E-state index in [4.69, 9.17) is 10.5 Å². The van der Waals surface area contributed by atoms with Crippen LogP contribution in [0.15, 0.2) is 18.2 Å². The monoisotopic (exact) mass is 278 g/mol. The molecule has 1 aliphatic carbocycles. The molecular weight excluding hydrogens is 252 g/mol. The Bertz CT molecular complexity index is 440. The molecule has 0 atom stereocenters. The fourth-order valence-electron chi connectivity index (χ4n) is 2.85. The van der Waals surface area contributed by atoms with Crippen LogP contribution in [0.5, 0.6) is 5.75 Å². The number of nitrogen functional groups attached to an aromatic ring is 1. The molecule has 1 fully saturated rings. The molecule has 0 aliphatic heterocycles. The summed E-state index contributed by atoms with van der Waals surface area (Å²) in [5, 5.41) is 13.0. The molecule has 0 spiro atoms. The van der Waals surface area contributed by atoms with Crippen LogP contribution in [0.2, 0.25) is 0 Å². The number of hydrogen-bond acceptors (Lipinski definition) is 4. The van der Waals surface area contributed by atoms with E-state index in [2.05, 4.69) is 5.32 Å². The topological polar surface area (TPSA) is 67.5 Å². The zero-order chi connectivity index (χ0) is 14.6. The molecule has 0 saturated heterocycles. The van der Waals surface area contributed by atoms with Crippen LogP contribution in [0.25, 0.3) is 0 Å². The molecule has 0 heterocycles. The van der Waals surface area contributed by atoms with Crippen LogP contribution in [0, 0.1) is 5.41 Å². The number of nitrogens with two attached hydrogens (primary N) is 1. The average molecular weight is 278 g/mol. The van der Waals surface area contributed by atoms with Crippen LogP contribution >= 0.6 is 0 Å². The van der Waals surface area contributed by atoms with Crippen molar-refractivity contribution in [3.8, 4) is 5.75 Å². The molecule has 1 aromatic carbocycles. The Hall–Kier alpha value is -1.42. The summed E-state index contributed by atoms with van der Waals surface area (Å²) in [5.74, 6) is 0.717. The first-order valence-electron chi connectivity index (χ1n) is 7.46. The van der Waals surface area contributed by atoms with Gasteiger partial charge in [-0.05, 0) is 38.8 Å². The van der Waals surface area contributed by atoms with Crippen molar-refractivity contribution in [1.29, 1.82) is 0 Å². The highest BCUT2D eigenvalue weighted by Crippen LogP contribution is 2.38. The maximum absolute atomic E-state index is 9.64. The number of benzene rings is 1. The Morgan fingerprint density at radius 2 is 2.05 bits per heavy atom. The summed E-state index contributed by atoms with van der Waals surface area (Å²) in [7, 11) is 0. The quantitative estimate of drug-likeness (QED) is 0.700. The molecule has 4 nitrogen and oxygen atoms in total. The number of hydrogen-bond donors (Lipinski definition) is 3. The Morgan fingerprint density at radius 3 is 2.65 bits per heavy atom. The van der Waals surface area contributed by atoms with Gasteiger partial charge in [-0.25, -0.2) is 0 Å². The molecule has 0 bridgehead atoms. The molecule has 1 saturated carbocycles. The van der Waals surface area contributed by atoms with Gasteiger partial charge in [-0.1, -0.05) is 18.9 Å². The second-order valence-corrected chi connectivity index (χ2v) is 6.10. The minimum absolute atomic E-state index is 0.0152. The zero-order valence-electron chi connectivity index (χ0n) is 12.5. The predicted molar refractivity (Wildman–Crippen MR) is 83.1 cm³/mol. The van der Waals surface area contributed by atoms with Crippen LogP contribution in [0.3, 0.4) is 0 Å². The van der Waals surface area contributed by atoms with Crippen molar-refractivity contribution in [2.45, 2.75) is 45.6 Å². The highest BCUT2D eigenvalue weighted by atomic mass is 16.5. The molecule has 4 heteroatoms. The second kappa shape index (κ2) is 6.35. The van der Waals surface area contributed by atoms with Crippen molar-refractivity contribution in [3.63, 3.8) is 0 Å². The molecule has 0 unspecified atom stereocenters. The molecule has 4 N–H and O–H groups in total. The van der Waals surface area contributed by atoms with Crippen LogP contribution < -0.4 is 15.8 Å². The van der Waals surface area contributed by atoms with Gasteiger partial charge in [0.1, 0.15) is 5.75 Å². The van der Waals surface area contributed by atoms with E-state index in [1.54, 1.807) is 0 Å². The Morgan fingerprint density at radius 1 is 1.35 bits per heavy atom. The number of anilines is 2. The van der Waals surface area contributed by atoms with Crippen molar-refractivity contribution in [1.82, 2.24) is 0 Å². The largest absolute Gasteiger partial charge is 0.489 e. The first kappa shape index (κ1) is 15.0. The summed E-state index contributed by atoms with van der Waals surface area (Å²) in [6.07, 6.45) is 4.67. The SMILES string of the molecule is CC(C)Oc1cccc(NCC2(CO)CCCC2)c1N. The normalized spacial score (nSPS) is 17.4. The third-order valence-electron chi connectivity index (χ3n) is 4.08. The van der Waals surface area contributed by atoms with Gasteiger partial charge in [0.25, 0.3) is 0 Å².